The summed E-state index contributed by atoms with van der Waals surface area (Å²) in [5.41, 5.74) is -0.0285. The lowest BCUT2D eigenvalue weighted by atomic mass is 9.99. The molecular formula is C14H17ClFNO4S. The topological polar surface area (TPSA) is 63.7 Å². The SMILES string of the molecule is COC(=O)C1CCN(S(=O)(=O)Cc2c(F)cccc2Cl)CC1. The average Bonchev–Trinajstić information content (AvgIpc) is 2.50. The molecule has 0 atom stereocenters. The summed E-state index contributed by atoms with van der Waals surface area (Å²) in [6, 6.07) is 4.06. The van der Waals surface area contributed by atoms with Crippen molar-refractivity contribution in [3.8, 4) is 0 Å². The Balaban J connectivity index is 2.08. The summed E-state index contributed by atoms with van der Waals surface area (Å²) in [7, 11) is -2.37. The van der Waals surface area contributed by atoms with Crippen molar-refractivity contribution in [1.82, 2.24) is 4.31 Å². The first kappa shape index (κ1) is 17.2. The maximum Gasteiger partial charge on any atom is 0.308 e. The number of rotatable bonds is 4. The van der Waals surface area contributed by atoms with Crippen LogP contribution in [0.15, 0.2) is 18.2 Å². The minimum absolute atomic E-state index is 0.0285. The van der Waals surface area contributed by atoms with Gasteiger partial charge in [-0.15, -0.1) is 0 Å². The van der Waals surface area contributed by atoms with E-state index in [1.54, 1.807) is 0 Å². The molecule has 1 aromatic rings. The van der Waals surface area contributed by atoms with Gasteiger partial charge >= 0.3 is 5.97 Å². The second kappa shape index (κ2) is 6.93. The largest absolute Gasteiger partial charge is 0.469 e. The van der Waals surface area contributed by atoms with Gasteiger partial charge < -0.3 is 4.74 Å². The molecule has 0 aliphatic carbocycles. The number of esters is 1. The minimum Gasteiger partial charge on any atom is -0.469 e. The second-order valence-electron chi connectivity index (χ2n) is 5.15. The lowest BCUT2D eigenvalue weighted by Crippen LogP contribution is -2.41. The number of carbonyl (C=O) groups excluding carboxylic acids is 1. The van der Waals surface area contributed by atoms with Crippen LogP contribution >= 0.6 is 11.6 Å². The molecule has 0 spiro atoms. The van der Waals surface area contributed by atoms with Crippen LogP contribution in [0.2, 0.25) is 5.02 Å². The number of ether oxygens (including phenoxy) is 1. The molecule has 1 heterocycles. The number of hydrogen-bond donors (Lipinski definition) is 0. The third-order valence-electron chi connectivity index (χ3n) is 3.77. The number of benzene rings is 1. The highest BCUT2D eigenvalue weighted by Gasteiger charge is 2.32. The van der Waals surface area contributed by atoms with Gasteiger partial charge in [0.2, 0.25) is 10.0 Å². The van der Waals surface area contributed by atoms with Gasteiger partial charge in [-0.3, -0.25) is 4.79 Å². The van der Waals surface area contributed by atoms with Crippen LogP contribution in [-0.2, 0) is 25.3 Å². The molecule has 0 unspecified atom stereocenters. The van der Waals surface area contributed by atoms with Crippen molar-refractivity contribution in [3.63, 3.8) is 0 Å². The Morgan fingerprint density at radius 3 is 2.59 bits per heavy atom. The molecule has 1 saturated heterocycles. The maximum atomic E-state index is 13.7. The lowest BCUT2D eigenvalue weighted by molar-refractivity contribution is -0.146. The van der Waals surface area contributed by atoms with Crippen molar-refractivity contribution < 1.29 is 22.3 Å². The summed E-state index contributed by atoms with van der Waals surface area (Å²) in [5, 5.41) is 0.0908. The van der Waals surface area contributed by atoms with Crippen molar-refractivity contribution >= 4 is 27.6 Å². The van der Waals surface area contributed by atoms with Crippen LogP contribution in [0.5, 0.6) is 0 Å². The number of hydrogen-bond acceptors (Lipinski definition) is 4. The van der Waals surface area contributed by atoms with Crippen molar-refractivity contribution in [2.24, 2.45) is 5.92 Å². The Kier molecular flexibility index (Phi) is 5.41. The van der Waals surface area contributed by atoms with Gasteiger partial charge in [-0.05, 0) is 25.0 Å². The third-order valence-corrected chi connectivity index (χ3v) is 5.93. The number of halogens is 2. The molecule has 0 aromatic heterocycles. The van der Waals surface area contributed by atoms with Crippen LogP contribution in [0.4, 0.5) is 4.39 Å². The first-order chi connectivity index (χ1) is 10.3. The first-order valence-electron chi connectivity index (χ1n) is 6.83. The average molecular weight is 350 g/mol. The van der Waals surface area contributed by atoms with Crippen LogP contribution in [0.25, 0.3) is 0 Å². The predicted molar refractivity (Wildman–Crippen MR) is 80.3 cm³/mol. The molecule has 1 aromatic carbocycles. The molecule has 1 fully saturated rings. The molecule has 0 bridgehead atoms. The molecule has 5 nitrogen and oxygen atoms in total. The Bertz CT molecular complexity index is 637. The standard InChI is InChI=1S/C14H17ClFNO4S/c1-21-14(18)10-5-7-17(8-6-10)22(19,20)9-11-12(15)3-2-4-13(11)16/h2-4,10H,5-9H2,1H3. The molecule has 22 heavy (non-hydrogen) atoms. The molecule has 0 radical (unpaired) electrons. The summed E-state index contributed by atoms with van der Waals surface area (Å²) >= 11 is 5.87. The smallest absolute Gasteiger partial charge is 0.308 e. The van der Waals surface area contributed by atoms with E-state index in [0.717, 1.165) is 0 Å². The molecule has 1 aliphatic rings. The van der Waals surface area contributed by atoms with Crippen LogP contribution in [0, 0.1) is 11.7 Å². The summed E-state index contributed by atoms with van der Waals surface area (Å²) in [6.45, 7) is 0.433. The second-order valence-corrected chi connectivity index (χ2v) is 7.53. The molecule has 0 N–H and O–H groups in total. The van der Waals surface area contributed by atoms with E-state index in [1.807, 2.05) is 0 Å². The highest BCUT2D eigenvalue weighted by atomic mass is 35.5. The molecule has 0 saturated carbocycles. The van der Waals surface area contributed by atoms with Crippen molar-refractivity contribution in [2.75, 3.05) is 20.2 Å². The zero-order valence-corrected chi connectivity index (χ0v) is 13.7. The number of sulfonamides is 1. The van der Waals surface area contributed by atoms with Gasteiger partial charge in [0.1, 0.15) is 5.82 Å². The van der Waals surface area contributed by atoms with Gasteiger partial charge in [0.05, 0.1) is 18.8 Å². The van der Waals surface area contributed by atoms with Crippen LogP contribution in [0.3, 0.4) is 0 Å². The fourth-order valence-corrected chi connectivity index (χ4v) is 4.40. The normalized spacial score (nSPS) is 17.4. The molecular weight excluding hydrogens is 333 g/mol. The zero-order valence-electron chi connectivity index (χ0n) is 12.1. The van der Waals surface area contributed by atoms with Crippen molar-refractivity contribution in [3.05, 3.63) is 34.6 Å². The fraction of sp³-hybridized carbons (Fsp3) is 0.500. The van der Waals surface area contributed by atoms with E-state index < -0.39 is 21.6 Å². The van der Waals surface area contributed by atoms with E-state index in [0.29, 0.717) is 12.8 Å². The van der Waals surface area contributed by atoms with Gasteiger partial charge in [0.15, 0.2) is 0 Å². The molecule has 122 valence electrons. The monoisotopic (exact) mass is 349 g/mol. The van der Waals surface area contributed by atoms with E-state index in [-0.39, 0.29) is 35.6 Å². The van der Waals surface area contributed by atoms with E-state index >= 15 is 0 Å². The van der Waals surface area contributed by atoms with Gasteiger partial charge in [-0.1, -0.05) is 17.7 Å². The Morgan fingerprint density at radius 2 is 2.05 bits per heavy atom. The molecule has 1 aliphatic heterocycles. The van der Waals surface area contributed by atoms with Gasteiger partial charge in [-0.2, -0.15) is 0 Å². The Labute approximate surface area is 134 Å². The van der Waals surface area contributed by atoms with Crippen LogP contribution < -0.4 is 0 Å². The number of piperidine rings is 1. The van der Waals surface area contributed by atoms with Crippen molar-refractivity contribution in [1.29, 1.82) is 0 Å². The molecule has 0 amide bonds. The highest BCUT2D eigenvalue weighted by molar-refractivity contribution is 7.88. The quantitative estimate of drug-likeness (QED) is 0.782. The highest BCUT2D eigenvalue weighted by Crippen LogP contribution is 2.26. The number of nitrogens with zero attached hydrogens (tertiary/aromatic N) is 1. The molecule has 2 rings (SSSR count). The summed E-state index contributed by atoms with van der Waals surface area (Å²) in [5.74, 6) is -1.73. The summed E-state index contributed by atoms with van der Waals surface area (Å²) in [6.07, 6.45) is 0.799. The lowest BCUT2D eigenvalue weighted by Gasteiger charge is -2.30. The first-order valence-corrected chi connectivity index (χ1v) is 8.82. The zero-order chi connectivity index (χ0) is 16.3. The van der Waals surface area contributed by atoms with E-state index in [9.17, 15) is 17.6 Å². The van der Waals surface area contributed by atoms with Gasteiger partial charge in [-0.25, -0.2) is 17.1 Å². The van der Waals surface area contributed by atoms with E-state index in [2.05, 4.69) is 4.74 Å². The number of carbonyl (C=O) groups is 1. The maximum absolute atomic E-state index is 13.7. The minimum atomic E-state index is -3.68. The van der Waals surface area contributed by atoms with Crippen LogP contribution in [-0.4, -0.2) is 38.9 Å². The third kappa shape index (κ3) is 3.77. The Hall–Kier alpha value is -1.18. The predicted octanol–water partition coefficient (Wildman–Crippen LogP) is 2.19. The summed E-state index contributed by atoms with van der Waals surface area (Å²) < 4.78 is 44.4. The van der Waals surface area contributed by atoms with Crippen LogP contribution in [0.1, 0.15) is 18.4 Å². The van der Waals surface area contributed by atoms with E-state index in [4.69, 9.17) is 11.6 Å². The fourth-order valence-electron chi connectivity index (χ4n) is 2.48. The molecule has 8 heteroatoms. The van der Waals surface area contributed by atoms with Gasteiger partial charge in [0.25, 0.3) is 0 Å². The number of methoxy groups -OCH3 is 1. The van der Waals surface area contributed by atoms with Gasteiger partial charge in [0, 0.05) is 23.7 Å². The Morgan fingerprint density at radius 1 is 1.41 bits per heavy atom. The summed E-state index contributed by atoms with van der Waals surface area (Å²) in [4.78, 5) is 11.4. The van der Waals surface area contributed by atoms with Crippen molar-refractivity contribution in [2.45, 2.75) is 18.6 Å². The van der Waals surface area contributed by atoms with E-state index in [1.165, 1.54) is 29.6 Å².